The molecule has 8 nitrogen and oxygen atoms in total. The van der Waals surface area contributed by atoms with E-state index in [0.717, 1.165) is 14.9 Å². The van der Waals surface area contributed by atoms with Crippen LogP contribution in [0.4, 0.5) is 0 Å². The summed E-state index contributed by atoms with van der Waals surface area (Å²) >= 11 is 4.41. The zero-order valence-corrected chi connectivity index (χ0v) is 19.0. The van der Waals surface area contributed by atoms with Gasteiger partial charge in [0, 0.05) is 11.5 Å². The first-order chi connectivity index (χ1) is 13.3. The number of carbonyl (C=O) groups excluding carboxylic acids is 1. The largest absolute Gasteiger partial charge is 0.477 e. The first-order valence-electron chi connectivity index (χ1n) is 9.14. The highest BCUT2D eigenvalue weighted by Gasteiger charge is 2.51. The van der Waals surface area contributed by atoms with Crippen molar-refractivity contribution >= 4 is 46.7 Å². The number of rotatable bonds is 7. The molecule has 0 radical (unpaired) electrons. The van der Waals surface area contributed by atoms with Crippen LogP contribution in [0.5, 0.6) is 0 Å². The first-order valence-corrected chi connectivity index (χ1v) is 12.0. The molecule has 0 bridgehead atoms. The van der Waals surface area contributed by atoms with Crippen molar-refractivity contribution in [2.45, 2.75) is 43.5 Å². The fourth-order valence-electron chi connectivity index (χ4n) is 2.85. The Bertz CT molecular complexity index is 730. The predicted octanol–water partition coefficient (Wildman–Crippen LogP) is 1.87. The van der Waals surface area contributed by atoms with Crippen molar-refractivity contribution in [3.05, 3.63) is 16.3 Å². The van der Waals surface area contributed by atoms with Crippen molar-refractivity contribution in [2.75, 3.05) is 31.1 Å². The Balaban J connectivity index is 0.000000345. The fourth-order valence-corrected chi connectivity index (χ4v) is 6.09. The highest BCUT2D eigenvalue weighted by Crippen LogP contribution is 2.40. The Labute approximate surface area is 177 Å². The van der Waals surface area contributed by atoms with E-state index in [4.69, 9.17) is 5.73 Å². The van der Waals surface area contributed by atoms with E-state index in [0.29, 0.717) is 11.5 Å². The third-order valence-electron chi connectivity index (χ3n) is 4.51. The van der Waals surface area contributed by atoms with Gasteiger partial charge in [0.05, 0.1) is 0 Å². The molecule has 0 aliphatic carbocycles. The third kappa shape index (κ3) is 5.26. The SMILES string of the molecule is CCN(CC)CC.Cc1nnc(SCC2=C(C(=O)O)N3C(=O)C(N)C3SC2)s1. The Kier molecular flexibility index (Phi) is 8.75. The molecule has 2 atom stereocenters. The summed E-state index contributed by atoms with van der Waals surface area (Å²) in [6, 6.07) is -0.593. The van der Waals surface area contributed by atoms with Crippen molar-refractivity contribution in [1.82, 2.24) is 20.0 Å². The van der Waals surface area contributed by atoms with Crippen LogP contribution in [-0.4, -0.2) is 79.5 Å². The average molecular weight is 446 g/mol. The van der Waals surface area contributed by atoms with Gasteiger partial charge in [0.2, 0.25) is 5.91 Å². The number of hydrogen-bond donors (Lipinski definition) is 2. The Morgan fingerprint density at radius 2 is 1.96 bits per heavy atom. The minimum atomic E-state index is -1.08. The van der Waals surface area contributed by atoms with Crippen molar-refractivity contribution in [3.63, 3.8) is 0 Å². The van der Waals surface area contributed by atoms with E-state index in [1.165, 1.54) is 59.4 Å². The van der Waals surface area contributed by atoms with Crippen LogP contribution in [0.25, 0.3) is 0 Å². The maximum Gasteiger partial charge on any atom is 0.352 e. The molecule has 2 aliphatic rings. The molecule has 11 heteroatoms. The van der Waals surface area contributed by atoms with Crippen LogP contribution >= 0.6 is 34.9 Å². The molecule has 3 rings (SSSR count). The molecule has 1 aromatic heterocycles. The van der Waals surface area contributed by atoms with Gasteiger partial charge in [-0.3, -0.25) is 9.69 Å². The van der Waals surface area contributed by atoms with Gasteiger partial charge in [0.1, 0.15) is 22.1 Å². The first kappa shape index (κ1) is 23.1. The summed E-state index contributed by atoms with van der Waals surface area (Å²) in [6.07, 6.45) is 0. The number of aliphatic carboxylic acids is 1. The molecule has 0 saturated carbocycles. The minimum Gasteiger partial charge on any atom is -0.477 e. The molecule has 1 saturated heterocycles. The third-order valence-corrected chi connectivity index (χ3v) is 7.93. The summed E-state index contributed by atoms with van der Waals surface area (Å²) < 4.78 is 0.795. The topological polar surface area (TPSA) is 113 Å². The fraction of sp³-hybridized carbons (Fsp3) is 0.647. The minimum absolute atomic E-state index is 0.0826. The molecule has 3 heterocycles. The maximum atomic E-state index is 11.8. The lowest BCUT2D eigenvalue weighted by Crippen LogP contribution is -2.68. The molecule has 156 valence electrons. The van der Waals surface area contributed by atoms with E-state index < -0.39 is 12.0 Å². The molecular formula is C17H27N5O3S3. The van der Waals surface area contributed by atoms with Gasteiger partial charge in [-0.15, -0.1) is 22.0 Å². The summed E-state index contributed by atoms with van der Waals surface area (Å²) in [5.41, 5.74) is 6.51. The second-order valence-corrected chi connectivity index (χ2v) is 9.70. The lowest BCUT2D eigenvalue weighted by atomic mass is 10.0. The molecule has 2 unspecified atom stereocenters. The number of aryl methyl sites for hydroxylation is 1. The van der Waals surface area contributed by atoms with Gasteiger partial charge in [-0.1, -0.05) is 43.9 Å². The van der Waals surface area contributed by atoms with E-state index >= 15 is 0 Å². The number of hydrogen-bond acceptors (Lipinski definition) is 9. The Hall–Kier alpha value is -1.14. The smallest absolute Gasteiger partial charge is 0.352 e. The Morgan fingerprint density at radius 3 is 2.43 bits per heavy atom. The quantitative estimate of drug-likeness (QED) is 0.479. The van der Waals surface area contributed by atoms with Crippen LogP contribution in [0.2, 0.25) is 0 Å². The van der Waals surface area contributed by atoms with E-state index in [1.54, 1.807) is 0 Å². The summed E-state index contributed by atoms with van der Waals surface area (Å²) in [7, 11) is 0. The highest BCUT2D eigenvalue weighted by atomic mass is 32.2. The Morgan fingerprint density at radius 1 is 1.32 bits per heavy atom. The highest BCUT2D eigenvalue weighted by molar-refractivity contribution is 8.01. The number of carbonyl (C=O) groups is 2. The van der Waals surface area contributed by atoms with Gasteiger partial charge in [-0.25, -0.2) is 4.79 Å². The average Bonchev–Trinajstić information content (AvgIpc) is 3.11. The van der Waals surface area contributed by atoms with Crippen molar-refractivity contribution in [3.8, 4) is 0 Å². The molecule has 1 amide bonds. The summed E-state index contributed by atoms with van der Waals surface area (Å²) in [6.45, 7) is 12.0. The van der Waals surface area contributed by atoms with Crippen LogP contribution in [0.1, 0.15) is 25.8 Å². The van der Waals surface area contributed by atoms with Gasteiger partial charge in [-0.2, -0.15) is 0 Å². The van der Waals surface area contributed by atoms with Gasteiger partial charge in [-0.05, 0) is 32.1 Å². The molecule has 2 aliphatic heterocycles. The van der Waals surface area contributed by atoms with E-state index in [-0.39, 0.29) is 17.0 Å². The van der Waals surface area contributed by atoms with E-state index in [1.807, 2.05) is 6.92 Å². The van der Waals surface area contributed by atoms with Crippen molar-refractivity contribution < 1.29 is 14.7 Å². The maximum absolute atomic E-state index is 11.8. The molecule has 0 spiro atoms. The zero-order valence-electron chi connectivity index (χ0n) is 16.5. The lowest BCUT2D eigenvalue weighted by molar-refractivity contribution is -0.147. The summed E-state index contributed by atoms with van der Waals surface area (Å²) in [5, 5.41) is 17.9. The lowest BCUT2D eigenvalue weighted by Gasteiger charge is -2.48. The molecule has 1 fully saturated rings. The monoisotopic (exact) mass is 445 g/mol. The molecule has 3 N–H and O–H groups in total. The molecule has 1 aromatic rings. The molecule has 0 aromatic carbocycles. The number of carboxylic acids is 1. The van der Waals surface area contributed by atoms with Crippen molar-refractivity contribution in [2.24, 2.45) is 5.73 Å². The van der Waals surface area contributed by atoms with Crippen LogP contribution < -0.4 is 5.73 Å². The second-order valence-electron chi connectivity index (χ2n) is 6.19. The van der Waals surface area contributed by atoms with E-state index in [9.17, 15) is 14.7 Å². The number of amides is 1. The van der Waals surface area contributed by atoms with Crippen molar-refractivity contribution in [1.29, 1.82) is 0 Å². The molecule has 28 heavy (non-hydrogen) atoms. The van der Waals surface area contributed by atoms with E-state index in [2.05, 4.69) is 35.9 Å². The number of carboxylic acid groups (broad SMARTS) is 1. The number of nitrogens with two attached hydrogens (primary N) is 1. The van der Waals surface area contributed by atoms with Crippen LogP contribution in [0.3, 0.4) is 0 Å². The second kappa shape index (κ2) is 10.6. The molecular weight excluding hydrogens is 418 g/mol. The van der Waals surface area contributed by atoms with Gasteiger partial charge in [0.25, 0.3) is 0 Å². The summed E-state index contributed by atoms with van der Waals surface area (Å²) in [5.74, 6) is -0.354. The number of fused-ring (bicyclic) bond motifs is 1. The number of nitrogens with zero attached hydrogens (tertiary/aromatic N) is 4. The van der Waals surface area contributed by atoms with Crippen LogP contribution in [-0.2, 0) is 9.59 Å². The summed E-state index contributed by atoms with van der Waals surface area (Å²) in [4.78, 5) is 27.0. The number of β-lactam (4-membered cyclic amide) rings is 1. The predicted molar refractivity (Wildman–Crippen MR) is 115 cm³/mol. The number of thioether (sulfide) groups is 2. The van der Waals surface area contributed by atoms with Gasteiger partial charge >= 0.3 is 5.97 Å². The number of aromatic nitrogens is 2. The normalized spacial score (nSPS) is 21.2. The van der Waals surface area contributed by atoms with Gasteiger partial charge in [0.15, 0.2) is 4.34 Å². The van der Waals surface area contributed by atoms with Gasteiger partial charge < -0.3 is 15.7 Å². The van der Waals surface area contributed by atoms with Crippen LogP contribution in [0, 0.1) is 6.92 Å². The zero-order chi connectivity index (χ0) is 20.8. The van der Waals surface area contributed by atoms with Crippen LogP contribution in [0.15, 0.2) is 15.6 Å². The standard InChI is InChI=1S/C11H12N4O3S3.C6H15N/c1-4-13-14-11(21-4)20-3-5-2-19-9-6(12)8(16)15(9)7(5)10(17)18;1-4-7(5-2)6-3/h6,9H,2-3,12H2,1H3,(H,17,18);4-6H2,1-3H3.